The van der Waals surface area contributed by atoms with Crippen LogP contribution in [-0.4, -0.2) is 19.6 Å². The Morgan fingerprint density at radius 3 is 2.32 bits per heavy atom. The van der Waals surface area contributed by atoms with Crippen molar-refractivity contribution in [3.8, 4) is 11.5 Å². The van der Waals surface area contributed by atoms with Crippen molar-refractivity contribution < 1.29 is 23.0 Å². The van der Waals surface area contributed by atoms with Gasteiger partial charge in [-0.25, -0.2) is 8.78 Å². The Bertz CT molecular complexity index is 779. The molecule has 0 saturated heterocycles. The molecule has 3 rings (SSSR count). The smallest absolute Gasteiger partial charge is 0.251 e. The van der Waals surface area contributed by atoms with E-state index in [2.05, 4.69) is 5.32 Å². The third kappa shape index (κ3) is 5.21. The first-order valence-electron chi connectivity index (χ1n) is 9.60. The summed E-state index contributed by atoms with van der Waals surface area (Å²) >= 11 is 0. The number of ether oxygens (including phenoxy) is 2. The van der Waals surface area contributed by atoms with Gasteiger partial charge in [0.05, 0.1) is 7.11 Å². The monoisotopic (exact) mass is 389 g/mol. The second-order valence-electron chi connectivity index (χ2n) is 7.12. The van der Waals surface area contributed by atoms with Gasteiger partial charge in [0.2, 0.25) is 0 Å². The largest absolute Gasteiger partial charge is 0.497 e. The minimum Gasteiger partial charge on any atom is -0.497 e. The number of hydrogen-bond donors (Lipinski definition) is 1. The van der Waals surface area contributed by atoms with Gasteiger partial charge >= 0.3 is 0 Å². The summed E-state index contributed by atoms with van der Waals surface area (Å²) in [6, 6.07) is 9.02. The zero-order valence-corrected chi connectivity index (χ0v) is 16.0. The Labute approximate surface area is 163 Å². The highest BCUT2D eigenvalue weighted by atomic mass is 19.1. The lowest BCUT2D eigenvalue weighted by atomic mass is 9.89. The fourth-order valence-corrected chi connectivity index (χ4v) is 3.44. The van der Waals surface area contributed by atoms with Crippen LogP contribution < -0.4 is 14.8 Å². The van der Waals surface area contributed by atoms with Crippen LogP contribution in [0.4, 0.5) is 8.78 Å². The normalized spacial score (nSPS) is 14.5. The average molecular weight is 389 g/mol. The maximum atomic E-state index is 14.3. The number of carbonyl (C=O) groups is 1. The van der Waals surface area contributed by atoms with Gasteiger partial charge < -0.3 is 14.8 Å². The second-order valence-corrected chi connectivity index (χ2v) is 7.12. The molecule has 0 bridgehead atoms. The van der Waals surface area contributed by atoms with Gasteiger partial charge in [-0.3, -0.25) is 4.79 Å². The van der Waals surface area contributed by atoms with Crippen molar-refractivity contribution in [2.75, 3.05) is 13.7 Å². The topological polar surface area (TPSA) is 47.6 Å². The first-order valence-corrected chi connectivity index (χ1v) is 9.60. The molecule has 4 nitrogen and oxygen atoms in total. The van der Waals surface area contributed by atoms with Crippen LogP contribution in [-0.2, 0) is 6.61 Å². The van der Waals surface area contributed by atoms with Crippen LogP contribution in [0.2, 0.25) is 0 Å². The first-order chi connectivity index (χ1) is 13.6. The minimum absolute atomic E-state index is 0.00502. The molecule has 1 saturated carbocycles. The Balaban J connectivity index is 1.60. The van der Waals surface area contributed by atoms with Gasteiger partial charge in [-0.05, 0) is 48.6 Å². The molecule has 6 heteroatoms. The predicted molar refractivity (Wildman–Crippen MR) is 103 cm³/mol. The van der Waals surface area contributed by atoms with Crippen LogP contribution in [0.15, 0.2) is 36.4 Å². The van der Waals surface area contributed by atoms with Crippen molar-refractivity contribution in [1.82, 2.24) is 5.32 Å². The van der Waals surface area contributed by atoms with Gasteiger partial charge in [0.15, 0.2) is 17.4 Å². The summed E-state index contributed by atoms with van der Waals surface area (Å²) in [5.41, 5.74) is 0.705. The molecule has 1 amide bonds. The van der Waals surface area contributed by atoms with Crippen LogP contribution in [0.3, 0.4) is 0 Å². The van der Waals surface area contributed by atoms with Crippen molar-refractivity contribution in [1.29, 1.82) is 0 Å². The molecule has 28 heavy (non-hydrogen) atoms. The maximum Gasteiger partial charge on any atom is 0.251 e. The van der Waals surface area contributed by atoms with E-state index in [1.54, 1.807) is 31.4 Å². The summed E-state index contributed by atoms with van der Waals surface area (Å²) in [4.78, 5) is 12.2. The number of hydrogen-bond acceptors (Lipinski definition) is 3. The highest BCUT2D eigenvalue weighted by molar-refractivity contribution is 5.94. The van der Waals surface area contributed by atoms with E-state index < -0.39 is 23.3 Å². The van der Waals surface area contributed by atoms with Crippen LogP contribution >= 0.6 is 0 Å². The van der Waals surface area contributed by atoms with Gasteiger partial charge in [-0.2, -0.15) is 0 Å². The minimum atomic E-state index is -0.892. The summed E-state index contributed by atoms with van der Waals surface area (Å²) in [6.45, 7) is 0.544. The Hall–Kier alpha value is -2.63. The number of halogens is 2. The van der Waals surface area contributed by atoms with Gasteiger partial charge in [0.25, 0.3) is 5.91 Å². The van der Waals surface area contributed by atoms with Crippen molar-refractivity contribution >= 4 is 5.91 Å². The van der Waals surface area contributed by atoms with E-state index in [1.165, 1.54) is 19.3 Å². The molecular weight excluding hydrogens is 364 g/mol. The molecule has 0 atom stereocenters. The molecule has 1 N–H and O–H groups in total. The molecular formula is C22H25F2NO3. The van der Waals surface area contributed by atoms with E-state index in [0.717, 1.165) is 30.5 Å². The van der Waals surface area contributed by atoms with E-state index in [1.807, 2.05) is 0 Å². The van der Waals surface area contributed by atoms with Crippen molar-refractivity contribution in [2.24, 2.45) is 5.92 Å². The average Bonchev–Trinajstić information content (AvgIpc) is 2.72. The molecule has 150 valence electrons. The molecule has 0 heterocycles. The molecule has 0 spiro atoms. The van der Waals surface area contributed by atoms with Crippen molar-refractivity contribution in [2.45, 2.75) is 38.7 Å². The lowest BCUT2D eigenvalue weighted by molar-refractivity contribution is 0.0942. The zero-order valence-electron chi connectivity index (χ0n) is 16.0. The fourth-order valence-electron chi connectivity index (χ4n) is 3.44. The fraction of sp³-hybridized carbons (Fsp3) is 0.409. The lowest BCUT2D eigenvalue weighted by Crippen LogP contribution is -2.30. The summed E-state index contributed by atoms with van der Waals surface area (Å²) in [5, 5.41) is 2.79. The SMILES string of the molecule is COc1ccc(COc2c(F)cc(C(=O)NCC3CCCCC3)cc2F)cc1. The first kappa shape index (κ1) is 20.1. The molecule has 1 fully saturated rings. The third-order valence-electron chi connectivity index (χ3n) is 5.08. The molecule has 0 unspecified atom stereocenters. The van der Waals surface area contributed by atoms with Crippen molar-refractivity contribution in [3.05, 3.63) is 59.2 Å². The highest BCUT2D eigenvalue weighted by Gasteiger charge is 2.18. The Morgan fingerprint density at radius 2 is 1.71 bits per heavy atom. The molecule has 0 aromatic heterocycles. The second kappa shape index (κ2) is 9.53. The Morgan fingerprint density at radius 1 is 1.07 bits per heavy atom. The van der Waals surface area contributed by atoms with E-state index in [0.29, 0.717) is 18.2 Å². The van der Waals surface area contributed by atoms with Gasteiger partial charge in [-0.1, -0.05) is 31.4 Å². The number of benzene rings is 2. The summed E-state index contributed by atoms with van der Waals surface area (Å²) in [7, 11) is 1.56. The van der Waals surface area contributed by atoms with E-state index in [-0.39, 0.29) is 12.2 Å². The van der Waals surface area contributed by atoms with E-state index >= 15 is 0 Å². The molecule has 2 aromatic rings. The van der Waals surface area contributed by atoms with Crippen LogP contribution in [0, 0.1) is 17.6 Å². The van der Waals surface area contributed by atoms with E-state index in [9.17, 15) is 13.6 Å². The quantitative estimate of drug-likeness (QED) is 0.735. The lowest BCUT2D eigenvalue weighted by Gasteiger charge is -2.21. The van der Waals surface area contributed by atoms with Gasteiger partial charge in [0, 0.05) is 12.1 Å². The summed E-state index contributed by atoms with van der Waals surface area (Å²) < 4.78 is 39.0. The predicted octanol–water partition coefficient (Wildman–Crippen LogP) is 4.86. The number of amides is 1. The molecule has 1 aliphatic carbocycles. The number of carbonyl (C=O) groups excluding carboxylic acids is 1. The van der Waals surface area contributed by atoms with Crippen LogP contribution in [0.1, 0.15) is 48.0 Å². The Kier molecular flexibility index (Phi) is 6.85. The highest BCUT2D eigenvalue weighted by Crippen LogP contribution is 2.26. The van der Waals surface area contributed by atoms with Crippen LogP contribution in [0.5, 0.6) is 11.5 Å². The van der Waals surface area contributed by atoms with Crippen molar-refractivity contribution in [3.63, 3.8) is 0 Å². The van der Waals surface area contributed by atoms with E-state index in [4.69, 9.17) is 9.47 Å². The maximum absolute atomic E-state index is 14.3. The standard InChI is InChI=1S/C22H25F2NO3/c1-27-18-9-7-16(8-10-18)14-28-21-19(23)11-17(12-20(21)24)22(26)25-13-15-5-3-2-4-6-15/h7-12,15H,2-6,13-14H2,1H3,(H,25,26). The summed E-state index contributed by atoms with van der Waals surface area (Å²) in [6.07, 6.45) is 5.75. The molecule has 0 radical (unpaired) electrons. The molecule has 2 aromatic carbocycles. The number of methoxy groups -OCH3 is 1. The summed E-state index contributed by atoms with van der Waals surface area (Å²) in [5.74, 6) is -1.61. The third-order valence-corrected chi connectivity index (χ3v) is 5.08. The number of nitrogens with one attached hydrogen (secondary N) is 1. The van der Waals surface area contributed by atoms with Gasteiger partial charge in [-0.15, -0.1) is 0 Å². The van der Waals surface area contributed by atoms with Crippen LogP contribution in [0.25, 0.3) is 0 Å². The zero-order chi connectivity index (χ0) is 19.9. The number of rotatable bonds is 7. The molecule has 1 aliphatic rings. The molecule has 0 aliphatic heterocycles. The van der Waals surface area contributed by atoms with Gasteiger partial charge in [0.1, 0.15) is 12.4 Å².